The average Bonchev–Trinajstić information content (AvgIpc) is 2.34. The fourth-order valence-corrected chi connectivity index (χ4v) is 3.88. The molecular formula is C12H18ClFN2O2S2. The number of halogens is 2. The lowest BCUT2D eigenvalue weighted by Gasteiger charge is -2.14. The van der Waals surface area contributed by atoms with Gasteiger partial charge in [0.1, 0.15) is 5.82 Å². The van der Waals surface area contributed by atoms with E-state index in [1.807, 2.05) is 6.26 Å². The van der Waals surface area contributed by atoms with Gasteiger partial charge in [-0.1, -0.05) is 11.6 Å². The molecule has 0 amide bonds. The van der Waals surface area contributed by atoms with Gasteiger partial charge in [-0.2, -0.15) is 11.8 Å². The third-order valence-electron chi connectivity index (χ3n) is 2.53. The van der Waals surface area contributed by atoms with Gasteiger partial charge in [-0.25, -0.2) is 17.5 Å². The first-order valence-corrected chi connectivity index (χ1v) is 9.21. The third-order valence-corrected chi connectivity index (χ3v) is 5.35. The summed E-state index contributed by atoms with van der Waals surface area (Å²) < 4.78 is 40.6. The molecule has 1 rings (SSSR count). The molecule has 1 aromatic rings. The van der Waals surface area contributed by atoms with Crippen molar-refractivity contribution in [3.63, 3.8) is 0 Å². The average molecular weight is 341 g/mol. The fourth-order valence-electron chi connectivity index (χ4n) is 1.71. The fraction of sp³-hybridized carbons (Fsp3) is 0.500. The molecule has 0 heterocycles. The second-order valence-electron chi connectivity index (χ2n) is 4.39. The molecule has 1 aromatic carbocycles. The van der Waals surface area contributed by atoms with E-state index in [0.29, 0.717) is 17.9 Å². The summed E-state index contributed by atoms with van der Waals surface area (Å²) in [6, 6.07) is 2.09. The minimum atomic E-state index is -3.75. The maximum absolute atomic E-state index is 13.7. The quantitative estimate of drug-likeness (QED) is 0.799. The van der Waals surface area contributed by atoms with Crippen molar-refractivity contribution in [3.8, 4) is 0 Å². The first-order chi connectivity index (χ1) is 9.31. The number of hydrogen-bond acceptors (Lipinski definition) is 4. The molecule has 1 atom stereocenters. The number of thioether (sulfide) groups is 1. The van der Waals surface area contributed by atoms with E-state index >= 15 is 0 Å². The number of nitrogens with one attached hydrogen (secondary N) is 2. The van der Waals surface area contributed by atoms with Gasteiger partial charge in [0.05, 0.1) is 9.92 Å². The molecule has 0 aliphatic rings. The van der Waals surface area contributed by atoms with Crippen LogP contribution in [0.3, 0.4) is 0 Å². The molecule has 0 bridgehead atoms. The summed E-state index contributed by atoms with van der Waals surface area (Å²) >= 11 is 7.35. The molecule has 8 heteroatoms. The molecule has 4 nitrogen and oxygen atoms in total. The predicted octanol–water partition coefficient (Wildman–Crippen LogP) is 2.23. The van der Waals surface area contributed by atoms with Crippen LogP contribution >= 0.6 is 23.4 Å². The van der Waals surface area contributed by atoms with Crippen LogP contribution in [0.15, 0.2) is 17.0 Å². The van der Waals surface area contributed by atoms with Gasteiger partial charge in [-0.05, 0) is 37.9 Å². The lowest BCUT2D eigenvalue weighted by atomic mass is 10.2. The molecule has 0 radical (unpaired) electrons. The summed E-state index contributed by atoms with van der Waals surface area (Å²) in [6.07, 6.45) is 1.89. The van der Waals surface area contributed by atoms with Crippen LogP contribution in [0, 0.1) is 5.82 Å². The van der Waals surface area contributed by atoms with Gasteiger partial charge >= 0.3 is 0 Å². The summed E-state index contributed by atoms with van der Waals surface area (Å²) in [5, 5.41) is 2.76. The Morgan fingerprint density at radius 1 is 1.45 bits per heavy atom. The van der Waals surface area contributed by atoms with Crippen molar-refractivity contribution in [1.29, 1.82) is 0 Å². The Morgan fingerprint density at radius 2 is 2.10 bits per heavy atom. The van der Waals surface area contributed by atoms with Gasteiger partial charge in [0.15, 0.2) is 0 Å². The van der Waals surface area contributed by atoms with Gasteiger partial charge in [0, 0.05) is 18.3 Å². The Morgan fingerprint density at radius 3 is 2.65 bits per heavy atom. The van der Waals surface area contributed by atoms with E-state index in [9.17, 15) is 12.8 Å². The van der Waals surface area contributed by atoms with Crippen LogP contribution in [0.25, 0.3) is 0 Å². The second kappa shape index (κ2) is 7.61. The van der Waals surface area contributed by atoms with E-state index in [1.54, 1.807) is 14.0 Å². The first kappa shape index (κ1) is 17.7. The summed E-state index contributed by atoms with van der Waals surface area (Å²) in [4.78, 5) is -0.113. The SMILES string of the molecule is CNCc1cc(S(=O)(=O)NC(C)CSC)cc(F)c1Cl. The molecule has 0 aliphatic carbocycles. The van der Waals surface area contributed by atoms with Crippen LogP contribution < -0.4 is 10.0 Å². The minimum Gasteiger partial charge on any atom is -0.316 e. The highest BCUT2D eigenvalue weighted by Crippen LogP contribution is 2.24. The van der Waals surface area contributed by atoms with E-state index in [1.165, 1.54) is 17.8 Å². The van der Waals surface area contributed by atoms with Crippen LogP contribution in [-0.4, -0.2) is 33.5 Å². The molecule has 2 N–H and O–H groups in total. The normalized spacial score (nSPS) is 13.4. The standard InChI is InChI=1S/C12H18ClFN2O2S2/c1-8(7-19-3)16-20(17,18)10-4-9(6-15-2)12(13)11(14)5-10/h4-5,8,15-16H,6-7H2,1-3H3. The van der Waals surface area contributed by atoms with E-state index in [4.69, 9.17) is 11.6 Å². The Kier molecular flexibility index (Phi) is 6.74. The first-order valence-electron chi connectivity index (χ1n) is 5.95. The van der Waals surface area contributed by atoms with Gasteiger partial charge in [0.25, 0.3) is 0 Å². The Bertz CT molecular complexity index is 567. The lowest BCUT2D eigenvalue weighted by Crippen LogP contribution is -2.34. The van der Waals surface area contributed by atoms with Crippen molar-refractivity contribution in [2.75, 3.05) is 19.1 Å². The molecular weight excluding hydrogens is 323 g/mol. The van der Waals surface area contributed by atoms with Crippen LogP contribution in [0.5, 0.6) is 0 Å². The van der Waals surface area contributed by atoms with Crippen LogP contribution in [0.2, 0.25) is 5.02 Å². The maximum atomic E-state index is 13.7. The van der Waals surface area contributed by atoms with Crippen LogP contribution in [-0.2, 0) is 16.6 Å². The largest absolute Gasteiger partial charge is 0.316 e. The minimum absolute atomic E-state index is 0.0598. The summed E-state index contributed by atoms with van der Waals surface area (Å²) in [5.74, 6) is -0.101. The Labute approximate surface area is 128 Å². The molecule has 20 heavy (non-hydrogen) atoms. The van der Waals surface area contributed by atoms with Crippen molar-refractivity contribution in [2.24, 2.45) is 0 Å². The highest BCUT2D eigenvalue weighted by Gasteiger charge is 2.20. The molecule has 0 saturated carbocycles. The zero-order chi connectivity index (χ0) is 15.3. The number of rotatable bonds is 7. The van der Waals surface area contributed by atoms with Gasteiger partial charge in [-0.15, -0.1) is 0 Å². The Balaban J connectivity index is 3.12. The monoisotopic (exact) mass is 340 g/mol. The highest BCUT2D eigenvalue weighted by atomic mass is 35.5. The van der Waals surface area contributed by atoms with E-state index < -0.39 is 15.8 Å². The molecule has 0 fully saturated rings. The number of benzene rings is 1. The molecule has 114 valence electrons. The van der Waals surface area contributed by atoms with Gasteiger partial charge in [0.2, 0.25) is 10.0 Å². The predicted molar refractivity (Wildman–Crippen MR) is 82.3 cm³/mol. The maximum Gasteiger partial charge on any atom is 0.240 e. The summed E-state index contributed by atoms with van der Waals surface area (Å²) in [7, 11) is -2.08. The topological polar surface area (TPSA) is 58.2 Å². The van der Waals surface area contributed by atoms with Gasteiger partial charge in [-0.3, -0.25) is 0 Å². The van der Waals surface area contributed by atoms with Crippen molar-refractivity contribution in [3.05, 3.63) is 28.5 Å². The third kappa shape index (κ3) is 4.60. The second-order valence-corrected chi connectivity index (χ2v) is 7.39. The van der Waals surface area contributed by atoms with Gasteiger partial charge < -0.3 is 5.32 Å². The van der Waals surface area contributed by atoms with E-state index in [-0.39, 0.29) is 16.0 Å². The van der Waals surface area contributed by atoms with Crippen molar-refractivity contribution >= 4 is 33.4 Å². The molecule has 0 saturated heterocycles. The highest BCUT2D eigenvalue weighted by molar-refractivity contribution is 7.98. The molecule has 1 unspecified atom stereocenters. The van der Waals surface area contributed by atoms with Crippen molar-refractivity contribution < 1.29 is 12.8 Å². The van der Waals surface area contributed by atoms with Crippen molar-refractivity contribution in [1.82, 2.24) is 10.0 Å². The Hall–Kier alpha value is -0.340. The molecule has 0 aromatic heterocycles. The zero-order valence-corrected chi connectivity index (χ0v) is 13.9. The van der Waals surface area contributed by atoms with Crippen molar-refractivity contribution in [2.45, 2.75) is 24.4 Å². The summed E-state index contributed by atoms with van der Waals surface area (Å²) in [6.45, 7) is 2.05. The zero-order valence-electron chi connectivity index (χ0n) is 11.5. The van der Waals surface area contributed by atoms with E-state index in [2.05, 4.69) is 10.0 Å². The number of hydrogen-bond donors (Lipinski definition) is 2. The van der Waals surface area contributed by atoms with E-state index in [0.717, 1.165) is 6.07 Å². The lowest BCUT2D eigenvalue weighted by molar-refractivity contribution is 0.567. The molecule has 0 aliphatic heterocycles. The van der Waals surface area contributed by atoms with Crippen LogP contribution in [0.1, 0.15) is 12.5 Å². The molecule has 0 spiro atoms. The van der Waals surface area contributed by atoms with Crippen LogP contribution in [0.4, 0.5) is 4.39 Å². The smallest absolute Gasteiger partial charge is 0.240 e. The number of sulfonamides is 1. The summed E-state index contributed by atoms with van der Waals surface area (Å²) in [5.41, 5.74) is 0.409.